The topological polar surface area (TPSA) is 61.1 Å². The fourth-order valence-electron chi connectivity index (χ4n) is 3.72. The Labute approximate surface area is 170 Å². The van der Waals surface area contributed by atoms with Gasteiger partial charge in [-0.2, -0.15) is 5.26 Å². The summed E-state index contributed by atoms with van der Waals surface area (Å²) in [7, 11) is 0. The van der Waals surface area contributed by atoms with Crippen LogP contribution in [-0.2, 0) is 0 Å². The highest BCUT2D eigenvalue weighted by Gasteiger charge is 2.21. The molecule has 1 aliphatic rings. The summed E-state index contributed by atoms with van der Waals surface area (Å²) in [5.41, 5.74) is 9.65. The van der Waals surface area contributed by atoms with E-state index in [1.807, 2.05) is 45.9 Å². The van der Waals surface area contributed by atoms with Gasteiger partial charge in [-0.1, -0.05) is 18.7 Å². The molecule has 0 radical (unpaired) electrons. The van der Waals surface area contributed by atoms with Gasteiger partial charge >= 0.3 is 0 Å². The van der Waals surface area contributed by atoms with Crippen LogP contribution in [0.1, 0.15) is 47.2 Å². The van der Waals surface area contributed by atoms with Gasteiger partial charge in [0.25, 0.3) is 0 Å². The van der Waals surface area contributed by atoms with Crippen molar-refractivity contribution < 1.29 is 5.11 Å². The fourth-order valence-corrected chi connectivity index (χ4v) is 3.72. The molecule has 0 saturated heterocycles. The number of allylic oxidation sites excluding steroid dienone is 3. The third-order valence-electron chi connectivity index (χ3n) is 5.46. The molecule has 0 atom stereocenters. The Morgan fingerprint density at radius 2 is 1.79 bits per heavy atom. The van der Waals surface area contributed by atoms with Crippen LogP contribution < -0.4 is 15.9 Å². The first-order valence-electron chi connectivity index (χ1n) is 9.40. The van der Waals surface area contributed by atoms with E-state index in [0.717, 1.165) is 27.8 Å². The summed E-state index contributed by atoms with van der Waals surface area (Å²) in [6.45, 7) is 13.0. The van der Waals surface area contributed by atoms with Crippen molar-refractivity contribution in [3.05, 3.63) is 108 Å². The first kappa shape index (κ1) is 20.1. The largest absolute Gasteiger partial charge is 0.512 e. The number of nitriles is 1. The molecule has 1 N–H and O–H groups in total. The summed E-state index contributed by atoms with van der Waals surface area (Å²) < 4.78 is 0. The molecule has 0 saturated carbocycles. The first-order valence-corrected chi connectivity index (χ1v) is 9.40. The molecule has 0 aliphatic heterocycles. The van der Waals surface area contributed by atoms with Crippen molar-refractivity contribution in [1.82, 2.24) is 0 Å². The van der Waals surface area contributed by atoms with E-state index < -0.39 is 0 Å². The van der Waals surface area contributed by atoms with Gasteiger partial charge in [-0.15, -0.1) is 5.73 Å². The van der Waals surface area contributed by atoms with Gasteiger partial charge in [0, 0.05) is 27.2 Å². The van der Waals surface area contributed by atoms with Crippen LogP contribution in [0.4, 0.5) is 0 Å². The van der Waals surface area contributed by atoms with Gasteiger partial charge < -0.3 is 5.11 Å². The summed E-state index contributed by atoms with van der Waals surface area (Å²) >= 11 is 0. The highest BCUT2D eigenvalue weighted by atomic mass is 16.3. The lowest BCUT2D eigenvalue weighted by molar-refractivity contribution is 0.410. The average molecular weight is 381 g/mol. The monoisotopic (exact) mass is 381 g/mol. The molecule has 3 nitrogen and oxygen atoms in total. The van der Waals surface area contributed by atoms with E-state index in [9.17, 15) is 15.2 Å². The van der Waals surface area contributed by atoms with Crippen LogP contribution in [0.2, 0.25) is 0 Å². The van der Waals surface area contributed by atoms with Gasteiger partial charge in [0.05, 0.1) is 17.4 Å². The molecule has 0 bridgehead atoms. The highest BCUT2D eigenvalue weighted by Crippen LogP contribution is 2.30. The van der Waals surface area contributed by atoms with E-state index in [4.69, 9.17) is 0 Å². The number of fused-ring (bicyclic) bond motifs is 1. The molecule has 0 fully saturated rings. The number of aliphatic hydroxyl groups excluding tert-OH is 1. The Hall–Kier alpha value is -3.60. The first-order chi connectivity index (χ1) is 13.7. The van der Waals surface area contributed by atoms with Gasteiger partial charge in [0.1, 0.15) is 0 Å². The Kier molecular flexibility index (Phi) is 5.16. The normalized spacial score (nSPS) is 13.2. The van der Waals surface area contributed by atoms with Crippen LogP contribution in [0.3, 0.4) is 0 Å². The number of aryl methyl sites for hydroxylation is 2. The van der Waals surface area contributed by atoms with Crippen LogP contribution in [0.25, 0.3) is 11.6 Å². The summed E-state index contributed by atoms with van der Waals surface area (Å²) in [6, 6.07) is 9.53. The van der Waals surface area contributed by atoms with Crippen molar-refractivity contribution in [3.63, 3.8) is 0 Å². The minimum Gasteiger partial charge on any atom is -0.512 e. The van der Waals surface area contributed by atoms with Gasteiger partial charge in [0.15, 0.2) is 5.43 Å². The van der Waals surface area contributed by atoms with Crippen molar-refractivity contribution in [2.24, 2.45) is 0 Å². The van der Waals surface area contributed by atoms with Gasteiger partial charge in [-0.3, -0.25) is 4.79 Å². The average Bonchev–Trinajstić information content (AvgIpc) is 3.45. The molecule has 2 aromatic carbocycles. The summed E-state index contributed by atoms with van der Waals surface area (Å²) in [5.74, 6) is 0.0883. The van der Waals surface area contributed by atoms with Gasteiger partial charge in [0.2, 0.25) is 0 Å². The minimum atomic E-state index is -0.0556. The molecule has 1 aliphatic carbocycles. The molecule has 0 amide bonds. The van der Waals surface area contributed by atoms with Crippen molar-refractivity contribution in [2.45, 2.75) is 34.6 Å². The molecular formula is C26H23NO2. The van der Waals surface area contributed by atoms with Crippen molar-refractivity contribution in [3.8, 4) is 6.07 Å². The standard InChI is InChI=1S/C26H23NO2/c1-7-14(2)23(18(6)28)25(21-9-8-19(13-27)10-16(21)4)24-17(5)15(3)11-20-12-22(20)26(24)29/h8-12,28H,1H2,2-6H3/b23-18-,25-24+. The molecule has 0 unspecified atom stereocenters. The van der Waals surface area contributed by atoms with E-state index in [1.165, 1.54) is 0 Å². The van der Waals surface area contributed by atoms with Gasteiger partial charge in [-0.05, 0) is 80.6 Å². The quantitative estimate of drug-likeness (QED) is 0.427. The molecule has 0 aromatic heterocycles. The number of nitrogens with zero attached hydrogens (tertiary/aromatic N) is 1. The summed E-state index contributed by atoms with van der Waals surface area (Å²) in [4.78, 5) is 13.4. The zero-order valence-electron chi connectivity index (χ0n) is 17.4. The third-order valence-corrected chi connectivity index (χ3v) is 5.46. The Morgan fingerprint density at radius 1 is 1.10 bits per heavy atom. The van der Waals surface area contributed by atoms with Gasteiger partial charge in [-0.25, -0.2) is 0 Å². The summed E-state index contributed by atoms with van der Waals surface area (Å²) in [6.07, 6.45) is 1.88. The maximum absolute atomic E-state index is 13.4. The number of benzene rings is 1. The second-order valence-electron chi connectivity index (χ2n) is 7.45. The van der Waals surface area contributed by atoms with E-state index >= 15 is 0 Å². The molecule has 29 heavy (non-hydrogen) atoms. The zero-order valence-corrected chi connectivity index (χ0v) is 17.4. The van der Waals surface area contributed by atoms with E-state index in [-0.39, 0.29) is 11.2 Å². The van der Waals surface area contributed by atoms with Crippen LogP contribution in [0.15, 0.2) is 58.3 Å². The Morgan fingerprint density at radius 3 is 2.34 bits per heavy atom. The maximum atomic E-state index is 13.4. The third kappa shape index (κ3) is 3.47. The predicted octanol–water partition coefficient (Wildman–Crippen LogP) is 3.75. The van der Waals surface area contributed by atoms with E-state index in [0.29, 0.717) is 32.7 Å². The zero-order chi connectivity index (χ0) is 21.5. The molecule has 144 valence electrons. The molecule has 0 heterocycles. The molecule has 0 spiro atoms. The molecule has 2 aromatic rings. The van der Waals surface area contributed by atoms with Crippen LogP contribution >= 0.6 is 0 Å². The van der Waals surface area contributed by atoms with Crippen molar-refractivity contribution in [2.75, 3.05) is 0 Å². The number of rotatable bonds is 3. The minimum absolute atomic E-state index is 0.0556. The lowest BCUT2D eigenvalue weighted by Gasteiger charge is -2.17. The van der Waals surface area contributed by atoms with Crippen molar-refractivity contribution >= 4 is 11.6 Å². The fraction of sp³-hybridized carbons (Fsp3) is 0.192. The number of hydrogen-bond donors (Lipinski definition) is 1. The van der Waals surface area contributed by atoms with Crippen LogP contribution in [-0.4, -0.2) is 5.11 Å². The van der Waals surface area contributed by atoms with Crippen molar-refractivity contribution in [1.29, 1.82) is 5.26 Å². The number of hydrogen-bond acceptors (Lipinski definition) is 3. The highest BCUT2D eigenvalue weighted by molar-refractivity contribution is 5.86. The second-order valence-corrected chi connectivity index (χ2v) is 7.45. The predicted molar refractivity (Wildman–Crippen MR) is 117 cm³/mol. The van der Waals surface area contributed by atoms with E-state index in [1.54, 1.807) is 19.1 Å². The summed E-state index contributed by atoms with van der Waals surface area (Å²) in [5, 5.41) is 21.1. The van der Waals surface area contributed by atoms with E-state index in [2.05, 4.69) is 18.4 Å². The van der Waals surface area contributed by atoms with Crippen LogP contribution in [0, 0.1) is 32.1 Å². The van der Waals surface area contributed by atoms with Crippen LogP contribution in [0.5, 0.6) is 0 Å². The second kappa shape index (κ2) is 7.43. The smallest absolute Gasteiger partial charge is 0.194 e. The Bertz CT molecular complexity index is 1370. The molecule has 3 rings (SSSR count). The maximum Gasteiger partial charge on any atom is 0.194 e. The molecular weight excluding hydrogens is 358 g/mol. The lowest BCUT2D eigenvalue weighted by atomic mass is 9.86. The Balaban J connectivity index is 2.69. The lowest BCUT2D eigenvalue weighted by Crippen LogP contribution is -2.36. The molecule has 3 heteroatoms. The number of aliphatic hydroxyl groups is 1. The SMILES string of the molecule is C=C=C(C)C(=C(\C)O)/C(c1ccc(C#N)cc1C)=c1\c(C)c(C)cc2c(c1=O)=C2.